The SMILES string of the molecule is C[C@H]1C[C@@H]1c1ccc(CCC(=O)N(C)C)o1. The van der Waals surface area contributed by atoms with E-state index in [4.69, 9.17) is 4.42 Å². The molecule has 1 aromatic rings. The van der Waals surface area contributed by atoms with Gasteiger partial charge in [-0.3, -0.25) is 4.79 Å². The first-order valence-corrected chi connectivity index (χ1v) is 5.86. The van der Waals surface area contributed by atoms with Crippen molar-refractivity contribution in [1.82, 2.24) is 4.90 Å². The third-order valence-electron chi connectivity index (χ3n) is 3.24. The molecule has 0 aromatic carbocycles. The van der Waals surface area contributed by atoms with Gasteiger partial charge < -0.3 is 9.32 Å². The van der Waals surface area contributed by atoms with Crippen LogP contribution in [0, 0.1) is 5.92 Å². The van der Waals surface area contributed by atoms with Crippen molar-refractivity contribution in [1.29, 1.82) is 0 Å². The van der Waals surface area contributed by atoms with E-state index in [-0.39, 0.29) is 5.91 Å². The largest absolute Gasteiger partial charge is 0.466 e. The minimum atomic E-state index is 0.151. The van der Waals surface area contributed by atoms with E-state index in [9.17, 15) is 4.79 Å². The third kappa shape index (κ3) is 2.46. The monoisotopic (exact) mass is 221 g/mol. The van der Waals surface area contributed by atoms with Gasteiger partial charge in [-0.25, -0.2) is 0 Å². The summed E-state index contributed by atoms with van der Waals surface area (Å²) in [6.07, 6.45) is 2.47. The van der Waals surface area contributed by atoms with Crippen LogP contribution < -0.4 is 0 Å². The van der Waals surface area contributed by atoms with Crippen LogP contribution in [0.2, 0.25) is 0 Å². The molecule has 3 heteroatoms. The molecule has 16 heavy (non-hydrogen) atoms. The van der Waals surface area contributed by atoms with Crippen molar-refractivity contribution >= 4 is 5.91 Å². The van der Waals surface area contributed by atoms with Crippen LogP contribution in [-0.4, -0.2) is 24.9 Å². The molecule has 1 aliphatic rings. The van der Waals surface area contributed by atoms with Gasteiger partial charge in [-0.15, -0.1) is 0 Å². The molecule has 2 atom stereocenters. The highest BCUT2D eigenvalue weighted by Crippen LogP contribution is 2.47. The van der Waals surface area contributed by atoms with Gasteiger partial charge in [0.2, 0.25) is 5.91 Å². The van der Waals surface area contributed by atoms with Crippen molar-refractivity contribution in [2.75, 3.05) is 14.1 Å². The molecule has 3 nitrogen and oxygen atoms in total. The van der Waals surface area contributed by atoms with Gasteiger partial charge in [-0.2, -0.15) is 0 Å². The van der Waals surface area contributed by atoms with Gasteiger partial charge in [-0.05, 0) is 24.5 Å². The highest BCUT2D eigenvalue weighted by atomic mass is 16.3. The van der Waals surface area contributed by atoms with Crippen LogP contribution in [-0.2, 0) is 11.2 Å². The molecule has 1 amide bonds. The number of furan rings is 1. The first kappa shape index (κ1) is 11.2. The zero-order chi connectivity index (χ0) is 11.7. The average Bonchev–Trinajstić information content (AvgIpc) is 2.80. The van der Waals surface area contributed by atoms with Crippen LogP contribution in [0.3, 0.4) is 0 Å². The van der Waals surface area contributed by atoms with E-state index in [2.05, 4.69) is 13.0 Å². The zero-order valence-corrected chi connectivity index (χ0v) is 10.2. The molecule has 88 valence electrons. The molecule has 1 fully saturated rings. The number of hydrogen-bond donors (Lipinski definition) is 0. The first-order valence-electron chi connectivity index (χ1n) is 5.86. The fourth-order valence-corrected chi connectivity index (χ4v) is 1.90. The molecule has 0 bridgehead atoms. The van der Waals surface area contributed by atoms with Crippen LogP contribution in [0.25, 0.3) is 0 Å². The minimum absolute atomic E-state index is 0.151. The fourth-order valence-electron chi connectivity index (χ4n) is 1.90. The van der Waals surface area contributed by atoms with Gasteiger partial charge in [0, 0.05) is 32.9 Å². The lowest BCUT2D eigenvalue weighted by Crippen LogP contribution is -2.21. The standard InChI is InChI=1S/C13H19NO2/c1-9-8-11(9)12-6-4-10(16-12)5-7-13(15)14(2)3/h4,6,9,11H,5,7-8H2,1-3H3/t9-,11-/m0/s1. The Morgan fingerprint density at radius 3 is 2.75 bits per heavy atom. The summed E-state index contributed by atoms with van der Waals surface area (Å²) in [7, 11) is 3.56. The topological polar surface area (TPSA) is 33.5 Å². The Balaban J connectivity index is 1.86. The molecule has 1 aliphatic carbocycles. The Kier molecular flexibility index (Phi) is 3.03. The minimum Gasteiger partial charge on any atom is -0.466 e. The van der Waals surface area contributed by atoms with Crippen molar-refractivity contribution < 1.29 is 9.21 Å². The van der Waals surface area contributed by atoms with Crippen LogP contribution in [0.4, 0.5) is 0 Å². The van der Waals surface area contributed by atoms with Gasteiger partial charge in [0.15, 0.2) is 0 Å². The maximum absolute atomic E-state index is 11.4. The molecule has 0 unspecified atom stereocenters. The van der Waals surface area contributed by atoms with Gasteiger partial charge in [0.1, 0.15) is 11.5 Å². The number of nitrogens with zero attached hydrogens (tertiary/aromatic N) is 1. The van der Waals surface area contributed by atoms with Crippen LogP contribution in [0.1, 0.15) is 37.2 Å². The second kappa shape index (κ2) is 4.32. The second-order valence-corrected chi connectivity index (χ2v) is 4.91. The van der Waals surface area contributed by atoms with E-state index in [0.29, 0.717) is 18.8 Å². The summed E-state index contributed by atoms with van der Waals surface area (Å²) in [6.45, 7) is 2.24. The van der Waals surface area contributed by atoms with E-state index in [1.807, 2.05) is 6.07 Å². The third-order valence-corrected chi connectivity index (χ3v) is 3.24. The first-order chi connectivity index (χ1) is 7.58. The molecular formula is C13H19NO2. The number of carbonyl (C=O) groups is 1. The number of amides is 1. The number of carbonyl (C=O) groups excluding carboxylic acids is 1. The molecule has 0 radical (unpaired) electrons. The summed E-state index contributed by atoms with van der Waals surface area (Å²) in [5.41, 5.74) is 0. The van der Waals surface area contributed by atoms with Crippen LogP contribution in [0.5, 0.6) is 0 Å². The molecular weight excluding hydrogens is 202 g/mol. The predicted octanol–water partition coefficient (Wildman–Crippen LogP) is 2.42. The van der Waals surface area contributed by atoms with Crippen molar-refractivity contribution in [3.8, 4) is 0 Å². The molecule has 1 heterocycles. The Hall–Kier alpha value is -1.25. The summed E-state index contributed by atoms with van der Waals surface area (Å²) >= 11 is 0. The maximum atomic E-state index is 11.4. The Bertz CT molecular complexity index is 381. The average molecular weight is 221 g/mol. The lowest BCUT2D eigenvalue weighted by molar-refractivity contribution is -0.128. The van der Waals surface area contributed by atoms with Crippen molar-refractivity contribution in [2.45, 2.75) is 32.1 Å². The Labute approximate surface area is 96.4 Å². The quantitative estimate of drug-likeness (QED) is 0.782. The Morgan fingerprint density at radius 1 is 1.50 bits per heavy atom. The summed E-state index contributed by atoms with van der Waals surface area (Å²) in [5, 5.41) is 0. The van der Waals surface area contributed by atoms with E-state index < -0.39 is 0 Å². The summed E-state index contributed by atoms with van der Waals surface area (Å²) in [5.74, 6) is 3.57. The molecule has 0 aliphatic heterocycles. The van der Waals surface area contributed by atoms with E-state index >= 15 is 0 Å². The van der Waals surface area contributed by atoms with E-state index in [1.165, 1.54) is 6.42 Å². The summed E-state index contributed by atoms with van der Waals surface area (Å²) in [4.78, 5) is 13.0. The van der Waals surface area contributed by atoms with Gasteiger partial charge in [0.25, 0.3) is 0 Å². The maximum Gasteiger partial charge on any atom is 0.222 e. The molecule has 1 aromatic heterocycles. The highest BCUT2D eigenvalue weighted by Gasteiger charge is 2.36. The number of aryl methyl sites for hydroxylation is 1. The normalized spacial score (nSPS) is 23.2. The zero-order valence-electron chi connectivity index (χ0n) is 10.2. The molecule has 0 N–H and O–H groups in total. The lowest BCUT2D eigenvalue weighted by atomic mass is 10.2. The summed E-state index contributed by atoms with van der Waals surface area (Å²) < 4.78 is 5.74. The predicted molar refractivity (Wildman–Crippen MR) is 62.2 cm³/mol. The van der Waals surface area contributed by atoms with Crippen molar-refractivity contribution in [3.05, 3.63) is 23.7 Å². The number of hydrogen-bond acceptors (Lipinski definition) is 2. The van der Waals surface area contributed by atoms with Gasteiger partial charge in [-0.1, -0.05) is 6.92 Å². The van der Waals surface area contributed by atoms with Crippen molar-refractivity contribution in [3.63, 3.8) is 0 Å². The Morgan fingerprint density at radius 2 is 2.19 bits per heavy atom. The summed E-state index contributed by atoms with van der Waals surface area (Å²) in [6, 6.07) is 4.06. The molecule has 1 saturated carbocycles. The van der Waals surface area contributed by atoms with Gasteiger partial charge >= 0.3 is 0 Å². The molecule has 0 spiro atoms. The van der Waals surface area contributed by atoms with Crippen LogP contribution in [0.15, 0.2) is 16.5 Å². The fraction of sp³-hybridized carbons (Fsp3) is 0.615. The molecule has 2 rings (SSSR count). The smallest absolute Gasteiger partial charge is 0.222 e. The van der Waals surface area contributed by atoms with E-state index in [0.717, 1.165) is 17.4 Å². The van der Waals surface area contributed by atoms with Gasteiger partial charge in [0.05, 0.1) is 0 Å². The highest BCUT2D eigenvalue weighted by molar-refractivity contribution is 5.75. The lowest BCUT2D eigenvalue weighted by Gasteiger charge is -2.08. The number of rotatable bonds is 4. The van der Waals surface area contributed by atoms with Crippen molar-refractivity contribution in [2.24, 2.45) is 5.92 Å². The van der Waals surface area contributed by atoms with Crippen LogP contribution >= 0.6 is 0 Å². The second-order valence-electron chi connectivity index (χ2n) is 4.91. The van der Waals surface area contributed by atoms with E-state index in [1.54, 1.807) is 19.0 Å². The molecule has 0 saturated heterocycles.